The summed E-state index contributed by atoms with van der Waals surface area (Å²) in [6.45, 7) is 6.91. The van der Waals surface area contributed by atoms with Crippen molar-refractivity contribution in [3.63, 3.8) is 0 Å². The van der Waals surface area contributed by atoms with Gasteiger partial charge in [0, 0.05) is 6.54 Å². The SMILES string of the molecule is CCOC(=O)[C@@]1(C(C)CC)CCCCCN1C(=O)OCc1ccccc1. The smallest absolute Gasteiger partial charge is 0.411 e. The second-order valence-corrected chi connectivity index (χ2v) is 6.96. The molecule has 1 fully saturated rings. The lowest BCUT2D eigenvalue weighted by molar-refractivity contribution is -0.161. The van der Waals surface area contributed by atoms with E-state index in [4.69, 9.17) is 9.47 Å². The Bertz CT molecular complexity index is 589. The van der Waals surface area contributed by atoms with E-state index in [1.165, 1.54) is 0 Å². The van der Waals surface area contributed by atoms with Crippen molar-refractivity contribution in [3.8, 4) is 0 Å². The summed E-state index contributed by atoms with van der Waals surface area (Å²) in [5, 5.41) is 0. The van der Waals surface area contributed by atoms with E-state index in [1.807, 2.05) is 44.2 Å². The number of nitrogens with zero attached hydrogens (tertiary/aromatic N) is 1. The molecule has 5 nitrogen and oxygen atoms in total. The first-order chi connectivity index (χ1) is 12.6. The number of rotatable bonds is 6. The maximum absolute atomic E-state index is 13.0. The van der Waals surface area contributed by atoms with Gasteiger partial charge in [-0.05, 0) is 31.2 Å². The summed E-state index contributed by atoms with van der Waals surface area (Å²) in [4.78, 5) is 27.6. The molecule has 2 rings (SSSR count). The maximum atomic E-state index is 13.0. The maximum Gasteiger partial charge on any atom is 0.411 e. The molecule has 1 aliphatic heterocycles. The van der Waals surface area contributed by atoms with Crippen LogP contribution >= 0.6 is 0 Å². The van der Waals surface area contributed by atoms with Gasteiger partial charge in [0.2, 0.25) is 0 Å². The topological polar surface area (TPSA) is 55.8 Å². The van der Waals surface area contributed by atoms with Crippen LogP contribution in [0.1, 0.15) is 58.4 Å². The summed E-state index contributed by atoms with van der Waals surface area (Å²) in [5.74, 6) is -0.295. The molecule has 1 heterocycles. The quantitative estimate of drug-likeness (QED) is 0.698. The number of amides is 1. The minimum absolute atomic E-state index is 0.00363. The third kappa shape index (κ3) is 4.37. The van der Waals surface area contributed by atoms with Crippen LogP contribution in [0.5, 0.6) is 0 Å². The van der Waals surface area contributed by atoms with Crippen molar-refractivity contribution in [2.45, 2.75) is 65.0 Å². The number of likely N-dealkylation sites (tertiary alicyclic amines) is 1. The van der Waals surface area contributed by atoms with Crippen LogP contribution in [0.3, 0.4) is 0 Å². The minimum atomic E-state index is -0.935. The van der Waals surface area contributed by atoms with Gasteiger partial charge >= 0.3 is 12.1 Å². The fourth-order valence-electron chi connectivity index (χ4n) is 3.75. The first-order valence-electron chi connectivity index (χ1n) is 9.71. The molecule has 0 spiro atoms. The summed E-state index contributed by atoms with van der Waals surface area (Å²) in [6.07, 6.45) is 3.77. The van der Waals surface area contributed by atoms with E-state index in [0.29, 0.717) is 19.6 Å². The van der Waals surface area contributed by atoms with Crippen molar-refractivity contribution < 1.29 is 19.1 Å². The highest BCUT2D eigenvalue weighted by Gasteiger charge is 2.52. The zero-order chi connectivity index (χ0) is 19.0. The van der Waals surface area contributed by atoms with Crippen LogP contribution in [-0.4, -0.2) is 35.7 Å². The van der Waals surface area contributed by atoms with Gasteiger partial charge in [-0.2, -0.15) is 0 Å². The van der Waals surface area contributed by atoms with E-state index in [9.17, 15) is 9.59 Å². The molecular weight excluding hydrogens is 330 g/mol. The van der Waals surface area contributed by atoms with Crippen molar-refractivity contribution in [1.82, 2.24) is 4.90 Å². The van der Waals surface area contributed by atoms with Crippen LogP contribution in [0.2, 0.25) is 0 Å². The van der Waals surface area contributed by atoms with E-state index in [-0.39, 0.29) is 18.5 Å². The van der Waals surface area contributed by atoms with E-state index in [0.717, 1.165) is 31.2 Å². The predicted octanol–water partition coefficient (Wildman–Crippen LogP) is 4.55. The first kappa shape index (κ1) is 20.3. The number of hydrogen-bond donors (Lipinski definition) is 0. The molecule has 2 atom stereocenters. The second-order valence-electron chi connectivity index (χ2n) is 6.96. The lowest BCUT2D eigenvalue weighted by Crippen LogP contribution is -2.61. The van der Waals surface area contributed by atoms with E-state index in [1.54, 1.807) is 11.8 Å². The highest BCUT2D eigenvalue weighted by molar-refractivity contribution is 5.86. The molecule has 0 N–H and O–H groups in total. The van der Waals surface area contributed by atoms with Crippen LogP contribution in [0.4, 0.5) is 4.79 Å². The number of ether oxygens (including phenoxy) is 2. The van der Waals surface area contributed by atoms with Gasteiger partial charge in [0.15, 0.2) is 0 Å². The Labute approximate surface area is 156 Å². The summed E-state index contributed by atoms with van der Waals surface area (Å²) >= 11 is 0. The third-order valence-corrected chi connectivity index (χ3v) is 5.40. The van der Waals surface area contributed by atoms with Crippen molar-refractivity contribution in [3.05, 3.63) is 35.9 Å². The van der Waals surface area contributed by atoms with Gasteiger partial charge in [0.1, 0.15) is 12.1 Å². The van der Waals surface area contributed by atoms with Gasteiger partial charge in [-0.1, -0.05) is 63.4 Å². The molecule has 144 valence electrons. The first-order valence-corrected chi connectivity index (χ1v) is 9.71. The monoisotopic (exact) mass is 361 g/mol. The van der Waals surface area contributed by atoms with E-state index < -0.39 is 11.6 Å². The van der Waals surface area contributed by atoms with Crippen LogP contribution in [0.25, 0.3) is 0 Å². The Balaban J connectivity index is 2.26. The summed E-state index contributed by atoms with van der Waals surface area (Å²) in [7, 11) is 0. The molecule has 1 aromatic carbocycles. The van der Waals surface area contributed by atoms with Crippen molar-refractivity contribution in [2.24, 2.45) is 5.92 Å². The Hall–Kier alpha value is -2.04. The molecule has 26 heavy (non-hydrogen) atoms. The van der Waals surface area contributed by atoms with Crippen LogP contribution < -0.4 is 0 Å². The average Bonchev–Trinajstić information content (AvgIpc) is 2.90. The highest BCUT2D eigenvalue weighted by atomic mass is 16.6. The predicted molar refractivity (Wildman–Crippen MR) is 101 cm³/mol. The molecule has 0 bridgehead atoms. The molecule has 0 aromatic heterocycles. The van der Waals surface area contributed by atoms with Gasteiger partial charge in [-0.3, -0.25) is 4.90 Å². The number of carbonyl (C=O) groups is 2. The van der Waals surface area contributed by atoms with E-state index >= 15 is 0 Å². The number of benzene rings is 1. The molecule has 1 saturated heterocycles. The molecule has 5 heteroatoms. The molecular formula is C21H31NO4. The lowest BCUT2D eigenvalue weighted by Gasteiger charge is -2.43. The van der Waals surface area contributed by atoms with Gasteiger partial charge < -0.3 is 9.47 Å². The molecule has 0 saturated carbocycles. The molecule has 1 aliphatic rings. The standard InChI is InChI=1S/C21H31NO4/c1-4-17(3)21(19(23)25-5-2)14-10-7-11-15-22(21)20(24)26-16-18-12-8-6-9-13-18/h6,8-9,12-13,17H,4-5,7,10-11,14-16H2,1-3H3/t17?,21-/m0/s1. The van der Waals surface area contributed by atoms with Gasteiger partial charge in [-0.25, -0.2) is 9.59 Å². The van der Waals surface area contributed by atoms with Crippen LogP contribution in [-0.2, 0) is 20.9 Å². The summed E-state index contributed by atoms with van der Waals surface area (Å²) in [5.41, 5.74) is -0.00405. The average molecular weight is 361 g/mol. The molecule has 0 aliphatic carbocycles. The molecule has 1 unspecified atom stereocenters. The largest absolute Gasteiger partial charge is 0.464 e. The second kappa shape index (κ2) is 9.60. The zero-order valence-corrected chi connectivity index (χ0v) is 16.2. The Morgan fingerprint density at radius 2 is 1.85 bits per heavy atom. The van der Waals surface area contributed by atoms with Crippen LogP contribution in [0, 0.1) is 5.92 Å². The lowest BCUT2D eigenvalue weighted by atomic mass is 9.78. The third-order valence-electron chi connectivity index (χ3n) is 5.40. The molecule has 1 amide bonds. The molecule has 0 radical (unpaired) electrons. The Morgan fingerprint density at radius 1 is 1.12 bits per heavy atom. The fraction of sp³-hybridized carbons (Fsp3) is 0.619. The normalized spacial score (nSPS) is 21.6. The fourth-order valence-corrected chi connectivity index (χ4v) is 3.75. The molecule has 1 aromatic rings. The van der Waals surface area contributed by atoms with Crippen molar-refractivity contribution >= 4 is 12.1 Å². The van der Waals surface area contributed by atoms with Gasteiger partial charge in [-0.15, -0.1) is 0 Å². The van der Waals surface area contributed by atoms with Crippen LogP contribution in [0.15, 0.2) is 30.3 Å². The van der Waals surface area contributed by atoms with Gasteiger partial charge in [0.05, 0.1) is 6.61 Å². The van der Waals surface area contributed by atoms with Crippen molar-refractivity contribution in [1.29, 1.82) is 0 Å². The number of carbonyl (C=O) groups excluding carboxylic acids is 2. The van der Waals surface area contributed by atoms with Crippen molar-refractivity contribution in [2.75, 3.05) is 13.2 Å². The number of hydrogen-bond acceptors (Lipinski definition) is 4. The summed E-state index contributed by atoms with van der Waals surface area (Å²) in [6, 6.07) is 9.59. The minimum Gasteiger partial charge on any atom is -0.464 e. The highest BCUT2D eigenvalue weighted by Crippen LogP contribution is 2.37. The number of esters is 1. The van der Waals surface area contributed by atoms with E-state index in [2.05, 4.69) is 0 Å². The van der Waals surface area contributed by atoms with Gasteiger partial charge in [0.25, 0.3) is 0 Å². The zero-order valence-electron chi connectivity index (χ0n) is 16.2. The summed E-state index contributed by atoms with van der Waals surface area (Å²) < 4.78 is 11.0. The Kier molecular flexibility index (Phi) is 7.49. The Morgan fingerprint density at radius 3 is 2.50 bits per heavy atom.